The van der Waals surface area contributed by atoms with Crippen molar-refractivity contribution in [2.75, 3.05) is 13.2 Å². The molecule has 0 aromatic heterocycles. The average molecular weight is 347 g/mol. The quantitative estimate of drug-likeness (QED) is 0.763. The van der Waals surface area contributed by atoms with E-state index in [1.807, 2.05) is 12.1 Å². The molecule has 0 atom stereocenters. The van der Waals surface area contributed by atoms with Gasteiger partial charge in [-0.2, -0.15) is 0 Å². The average Bonchev–Trinajstić information content (AvgIpc) is 2.43. The largest absolute Gasteiger partial charge is 0.377 e. The van der Waals surface area contributed by atoms with E-state index in [0.29, 0.717) is 6.10 Å². The maximum atomic E-state index is 6.06. The summed E-state index contributed by atoms with van der Waals surface area (Å²) in [6, 6.07) is 6.05. The second-order valence-corrected chi connectivity index (χ2v) is 6.32. The lowest BCUT2D eigenvalue weighted by molar-refractivity contribution is 0.0302. The second-order valence-electron chi connectivity index (χ2n) is 5.06. The van der Waals surface area contributed by atoms with Crippen LogP contribution in [-0.2, 0) is 11.3 Å². The van der Waals surface area contributed by atoms with Crippen LogP contribution >= 0.6 is 27.5 Å². The van der Waals surface area contributed by atoms with E-state index in [1.165, 1.54) is 37.7 Å². The first kappa shape index (κ1) is 15.3. The molecule has 2 nitrogen and oxygen atoms in total. The third kappa shape index (κ3) is 5.42. The minimum atomic E-state index is 0.498. The minimum absolute atomic E-state index is 0.498. The van der Waals surface area contributed by atoms with Gasteiger partial charge in [0.25, 0.3) is 0 Å². The van der Waals surface area contributed by atoms with E-state index in [-0.39, 0.29) is 0 Å². The van der Waals surface area contributed by atoms with Gasteiger partial charge in [0.1, 0.15) is 0 Å². The summed E-state index contributed by atoms with van der Waals surface area (Å²) in [6.07, 6.45) is 7.01. The fraction of sp³-hybridized carbons (Fsp3) is 0.600. The molecule has 106 valence electrons. The van der Waals surface area contributed by atoms with Crippen LogP contribution in [0.5, 0.6) is 0 Å². The highest BCUT2D eigenvalue weighted by Gasteiger charge is 2.12. The van der Waals surface area contributed by atoms with Crippen LogP contribution < -0.4 is 5.32 Å². The van der Waals surface area contributed by atoms with Crippen molar-refractivity contribution in [3.8, 4) is 0 Å². The van der Waals surface area contributed by atoms with Gasteiger partial charge in [-0.1, -0.05) is 36.9 Å². The first-order valence-electron chi connectivity index (χ1n) is 7.02. The molecule has 1 aromatic rings. The Morgan fingerprint density at radius 1 is 1.26 bits per heavy atom. The van der Waals surface area contributed by atoms with Crippen LogP contribution in [0.3, 0.4) is 0 Å². The lowest BCUT2D eigenvalue weighted by Crippen LogP contribution is -2.24. The van der Waals surface area contributed by atoms with Crippen molar-refractivity contribution in [2.24, 2.45) is 0 Å². The van der Waals surface area contributed by atoms with E-state index in [1.54, 1.807) is 0 Å². The van der Waals surface area contributed by atoms with E-state index in [4.69, 9.17) is 16.3 Å². The topological polar surface area (TPSA) is 21.3 Å². The fourth-order valence-corrected chi connectivity index (χ4v) is 2.86. The highest BCUT2D eigenvalue weighted by molar-refractivity contribution is 9.10. The van der Waals surface area contributed by atoms with Crippen LogP contribution in [0.1, 0.15) is 37.7 Å². The summed E-state index contributed by atoms with van der Waals surface area (Å²) in [5.41, 5.74) is 1.20. The Labute approximate surface area is 129 Å². The summed E-state index contributed by atoms with van der Waals surface area (Å²) in [5, 5.41) is 4.15. The van der Waals surface area contributed by atoms with Gasteiger partial charge in [0, 0.05) is 17.6 Å². The SMILES string of the molecule is Clc1cc(CNCCOC2CCCCC2)ccc1Br. The second kappa shape index (κ2) is 8.25. The van der Waals surface area contributed by atoms with Crippen molar-refractivity contribution < 1.29 is 4.74 Å². The predicted octanol–water partition coefficient (Wildman–Crippen LogP) is 4.54. The highest BCUT2D eigenvalue weighted by atomic mass is 79.9. The zero-order valence-electron chi connectivity index (χ0n) is 11.1. The van der Waals surface area contributed by atoms with E-state index >= 15 is 0 Å². The predicted molar refractivity (Wildman–Crippen MR) is 83.7 cm³/mol. The fourth-order valence-electron chi connectivity index (χ4n) is 2.41. The molecule has 1 saturated carbocycles. The summed E-state index contributed by atoms with van der Waals surface area (Å²) < 4.78 is 6.81. The first-order chi connectivity index (χ1) is 9.25. The molecule has 4 heteroatoms. The third-order valence-electron chi connectivity index (χ3n) is 3.50. The lowest BCUT2D eigenvalue weighted by Gasteiger charge is -2.22. The van der Waals surface area contributed by atoms with Gasteiger partial charge >= 0.3 is 0 Å². The molecule has 1 N–H and O–H groups in total. The summed E-state index contributed by atoms with van der Waals surface area (Å²) >= 11 is 9.45. The van der Waals surface area contributed by atoms with Crippen LogP contribution in [0, 0.1) is 0 Å². The Hall–Kier alpha value is -0.0900. The molecule has 19 heavy (non-hydrogen) atoms. The molecular weight excluding hydrogens is 326 g/mol. The van der Waals surface area contributed by atoms with Crippen molar-refractivity contribution in [3.05, 3.63) is 33.3 Å². The van der Waals surface area contributed by atoms with Gasteiger partial charge in [-0.15, -0.1) is 0 Å². The molecule has 1 fully saturated rings. The monoisotopic (exact) mass is 345 g/mol. The smallest absolute Gasteiger partial charge is 0.0594 e. The number of ether oxygens (including phenoxy) is 1. The molecule has 0 unspecified atom stereocenters. The molecule has 0 bridgehead atoms. The summed E-state index contributed by atoms with van der Waals surface area (Å²) in [4.78, 5) is 0. The molecule has 0 radical (unpaired) electrons. The van der Waals surface area contributed by atoms with Gasteiger partial charge in [0.15, 0.2) is 0 Å². The normalized spacial score (nSPS) is 16.7. The van der Waals surface area contributed by atoms with Crippen LogP contribution in [0.25, 0.3) is 0 Å². The Bertz CT molecular complexity index is 394. The van der Waals surface area contributed by atoms with Crippen LogP contribution in [0.2, 0.25) is 5.02 Å². The Morgan fingerprint density at radius 2 is 2.05 bits per heavy atom. The Balaban J connectivity index is 1.59. The van der Waals surface area contributed by atoms with Crippen molar-refractivity contribution >= 4 is 27.5 Å². The van der Waals surface area contributed by atoms with Crippen LogP contribution in [-0.4, -0.2) is 19.3 Å². The van der Waals surface area contributed by atoms with Gasteiger partial charge in [0.05, 0.1) is 17.7 Å². The molecule has 0 heterocycles. The Morgan fingerprint density at radius 3 is 2.79 bits per heavy atom. The lowest BCUT2D eigenvalue weighted by atomic mass is 9.98. The minimum Gasteiger partial charge on any atom is -0.377 e. The van der Waals surface area contributed by atoms with Gasteiger partial charge in [0.2, 0.25) is 0 Å². The van der Waals surface area contributed by atoms with Gasteiger partial charge < -0.3 is 10.1 Å². The van der Waals surface area contributed by atoms with Crippen LogP contribution in [0.4, 0.5) is 0 Å². The van der Waals surface area contributed by atoms with E-state index in [2.05, 4.69) is 27.3 Å². The standard InChI is InChI=1S/C15H21BrClNO/c16-14-7-6-12(10-15(14)17)11-18-8-9-19-13-4-2-1-3-5-13/h6-7,10,13,18H,1-5,8-9,11H2. The molecular formula is C15H21BrClNO. The van der Waals surface area contributed by atoms with Gasteiger partial charge in [-0.3, -0.25) is 0 Å². The molecule has 1 aliphatic carbocycles. The number of halogens is 2. The zero-order valence-corrected chi connectivity index (χ0v) is 13.5. The van der Waals surface area contributed by atoms with Crippen molar-refractivity contribution in [3.63, 3.8) is 0 Å². The van der Waals surface area contributed by atoms with Gasteiger partial charge in [-0.05, 0) is 46.5 Å². The first-order valence-corrected chi connectivity index (χ1v) is 8.19. The maximum absolute atomic E-state index is 6.06. The van der Waals surface area contributed by atoms with Crippen molar-refractivity contribution in [1.29, 1.82) is 0 Å². The van der Waals surface area contributed by atoms with Crippen LogP contribution in [0.15, 0.2) is 22.7 Å². The number of benzene rings is 1. The molecule has 1 aliphatic rings. The highest BCUT2D eigenvalue weighted by Crippen LogP contribution is 2.23. The molecule has 0 amide bonds. The molecule has 1 aromatic carbocycles. The third-order valence-corrected chi connectivity index (χ3v) is 4.73. The van der Waals surface area contributed by atoms with E-state index < -0.39 is 0 Å². The number of nitrogens with one attached hydrogen (secondary N) is 1. The Kier molecular flexibility index (Phi) is 6.65. The van der Waals surface area contributed by atoms with E-state index in [0.717, 1.165) is 29.2 Å². The summed E-state index contributed by atoms with van der Waals surface area (Å²) in [6.45, 7) is 2.53. The number of rotatable bonds is 6. The number of hydrogen-bond donors (Lipinski definition) is 1. The summed E-state index contributed by atoms with van der Waals surface area (Å²) in [7, 11) is 0. The van der Waals surface area contributed by atoms with E-state index in [9.17, 15) is 0 Å². The van der Waals surface area contributed by atoms with Crippen molar-refractivity contribution in [1.82, 2.24) is 5.32 Å². The van der Waals surface area contributed by atoms with Crippen molar-refractivity contribution in [2.45, 2.75) is 44.8 Å². The number of hydrogen-bond acceptors (Lipinski definition) is 2. The molecule has 0 aliphatic heterocycles. The zero-order chi connectivity index (χ0) is 13.5. The summed E-state index contributed by atoms with van der Waals surface area (Å²) in [5.74, 6) is 0. The maximum Gasteiger partial charge on any atom is 0.0594 e. The molecule has 0 spiro atoms. The molecule has 0 saturated heterocycles. The van der Waals surface area contributed by atoms with Gasteiger partial charge in [-0.25, -0.2) is 0 Å². The molecule has 2 rings (SSSR count).